The molecule has 2 unspecified atom stereocenters. The van der Waals surface area contributed by atoms with Gasteiger partial charge in [0.05, 0.1) is 17.3 Å². The fraction of sp³-hybridized carbons (Fsp3) is 0.281. The minimum absolute atomic E-state index is 0.0763. The van der Waals surface area contributed by atoms with Gasteiger partial charge in [-0.1, -0.05) is 24.3 Å². The zero-order valence-corrected chi connectivity index (χ0v) is 24.1. The number of rotatable bonds is 8. The van der Waals surface area contributed by atoms with Crippen molar-refractivity contribution >= 4 is 17.7 Å². The molecule has 1 amide bonds. The molecule has 0 saturated heterocycles. The lowest BCUT2D eigenvalue weighted by Gasteiger charge is -2.29. The number of hydrogen-bond acceptors (Lipinski definition) is 5. The predicted octanol–water partition coefficient (Wildman–Crippen LogP) is 7.00. The van der Waals surface area contributed by atoms with Crippen molar-refractivity contribution < 1.29 is 45.0 Å². The van der Waals surface area contributed by atoms with E-state index in [4.69, 9.17) is 0 Å². The Morgan fingerprint density at radius 3 is 2.47 bits per heavy atom. The molecule has 15 heteroatoms. The van der Waals surface area contributed by atoms with E-state index in [0.717, 1.165) is 17.7 Å². The van der Waals surface area contributed by atoms with Gasteiger partial charge in [0.2, 0.25) is 5.91 Å². The molecule has 3 heterocycles. The number of alkyl halides is 6. The third-order valence-electron chi connectivity index (χ3n) is 7.94. The smallest absolute Gasteiger partial charge is 0.290 e. The summed E-state index contributed by atoms with van der Waals surface area (Å²) in [6.45, 7) is -1.15. The SMILES string of the molecule is O=C(Cn1nc(C(F)F)c2c1C(F)(F)CCC2(F)F)NC(Cc1cc(F)cc(F)c1)c1ncccc1-c1ccc2c(c1)NC(O)C=C2. The van der Waals surface area contributed by atoms with Crippen molar-refractivity contribution in [1.29, 1.82) is 0 Å². The summed E-state index contributed by atoms with van der Waals surface area (Å²) >= 11 is 0. The maximum absolute atomic E-state index is 14.9. The van der Waals surface area contributed by atoms with Crippen LogP contribution in [0.4, 0.5) is 40.8 Å². The fourth-order valence-electron chi connectivity index (χ4n) is 5.93. The standard InChI is InChI=1S/C32H25F8N5O2/c33-19-10-16(11-20(34)14-19)12-23(27-21(2-1-9-41-27)18-4-3-17-5-6-24(46)42-22(17)13-18)43-25(47)15-45-29-26(28(44-45)30(35)36)31(37,38)7-8-32(29,39)40/h1-6,9-11,13-14,23-24,30,42,46H,7-8,12,15H2,(H,43,47). The van der Waals surface area contributed by atoms with Crippen LogP contribution in [-0.4, -0.2) is 32.0 Å². The number of anilines is 1. The first-order chi connectivity index (χ1) is 22.2. The first-order valence-electron chi connectivity index (χ1n) is 14.3. The zero-order valence-electron chi connectivity index (χ0n) is 24.1. The third-order valence-corrected chi connectivity index (χ3v) is 7.94. The molecule has 0 saturated carbocycles. The summed E-state index contributed by atoms with van der Waals surface area (Å²) < 4.78 is 115. The summed E-state index contributed by atoms with van der Waals surface area (Å²) in [5, 5.41) is 18.8. The number of aliphatic hydroxyl groups excluding tert-OH is 1. The summed E-state index contributed by atoms with van der Waals surface area (Å²) in [5.41, 5.74) is -2.05. The van der Waals surface area contributed by atoms with Crippen molar-refractivity contribution in [3.63, 3.8) is 0 Å². The van der Waals surface area contributed by atoms with Gasteiger partial charge < -0.3 is 15.7 Å². The highest BCUT2D eigenvalue weighted by Gasteiger charge is 2.55. The second-order valence-corrected chi connectivity index (χ2v) is 11.3. The van der Waals surface area contributed by atoms with Gasteiger partial charge in [-0.15, -0.1) is 0 Å². The van der Waals surface area contributed by atoms with E-state index in [9.17, 15) is 45.0 Å². The van der Waals surface area contributed by atoms with Crippen molar-refractivity contribution in [3.8, 4) is 11.1 Å². The van der Waals surface area contributed by atoms with Crippen LogP contribution in [0.1, 0.15) is 59.1 Å². The summed E-state index contributed by atoms with van der Waals surface area (Å²) in [6.07, 6.45) is -2.95. The number of carbonyl (C=O) groups excluding carboxylic acids is 1. The molecule has 0 bridgehead atoms. The molecule has 2 aromatic carbocycles. The van der Waals surface area contributed by atoms with Crippen molar-refractivity contribution in [2.75, 3.05) is 5.32 Å². The second-order valence-electron chi connectivity index (χ2n) is 11.3. The number of benzene rings is 2. The summed E-state index contributed by atoms with van der Waals surface area (Å²) in [6, 6.07) is 9.90. The highest BCUT2D eigenvalue weighted by Crippen LogP contribution is 2.52. The first kappa shape index (κ1) is 32.2. The Bertz CT molecular complexity index is 1860. The number of carbonyl (C=O) groups is 1. The summed E-state index contributed by atoms with van der Waals surface area (Å²) in [7, 11) is 0. The minimum Gasteiger partial charge on any atom is -0.370 e. The van der Waals surface area contributed by atoms with Gasteiger partial charge in [-0.05, 0) is 53.5 Å². The molecule has 47 heavy (non-hydrogen) atoms. The molecule has 246 valence electrons. The Morgan fingerprint density at radius 2 is 1.74 bits per heavy atom. The Morgan fingerprint density at radius 1 is 1.02 bits per heavy atom. The number of hydrogen-bond donors (Lipinski definition) is 3. The topological polar surface area (TPSA) is 92.1 Å². The van der Waals surface area contributed by atoms with Gasteiger partial charge in [-0.25, -0.2) is 26.3 Å². The Hall–Kier alpha value is -4.79. The second kappa shape index (κ2) is 12.1. The molecule has 0 radical (unpaired) electrons. The van der Waals surface area contributed by atoms with E-state index in [2.05, 4.69) is 20.7 Å². The van der Waals surface area contributed by atoms with Gasteiger partial charge in [0.15, 0.2) is 0 Å². The number of pyridine rings is 1. The number of nitrogens with one attached hydrogen (secondary N) is 2. The van der Waals surface area contributed by atoms with E-state index >= 15 is 0 Å². The monoisotopic (exact) mass is 663 g/mol. The number of aromatic nitrogens is 3. The molecule has 1 aliphatic carbocycles. The van der Waals surface area contributed by atoms with Gasteiger partial charge in [-0.3, -0.25) is 14.5 Å². The third kappa shape index (κ3) is 6.44. The Labute approximate surface area is 261 Å². The average molecular weight is 664 g/mol. The number of nitrogens with zero attached hydrogens (tertiary/aromatic N) is 3. The van der Waals surface area contributed by atoms with Crippen molar-refractivity contribution in [2.24, 2.45) is 0 Å². The molecule has 4 aromatic rings. The molecule has 3 N–H and O–H groups in total. The lowest BCUT2D eigenvalue weighted by Crippen LogP contribution is -2.37. The van der Waals surface area contributed by atoms with Gasteiger partial charge >= 0.3 is 0 Å². The van der Waals surface area contributed by atoms with Gasteiger partial charge in [0.25, 0.3) is 18.3 Å². The zero-order chi connectivity index (χ0) is 33.7. The average Bonchev–Trinajstić information content (AvgIpc) is 3.40. The van der Waals surface area contributed by atoms with Crippen LogP contribution in [0, 0.1) is 11.6 Å². The minimum atomic E-state index is -4.03. The Balaban J connectivity index is 1.39. The summed E-state index contributed by atoms with van der Waals surface area (Å²) in [5.74, 6) is -10.9. The number of amides is 1. The first-order valence-corrected chi connectivity index (χ1v) is 14.3. The van der Waals surface area contributed by atoms with Crippen molar-refractivity contribution in [2.45, 2.75) is 56.3 Å². The molecule has 2 aliphatic rings. The molecule has 2 atom stereocenters. The van der Waals surface area contributed by atoms with E-state index in [0.29, 0.717) is 22.9 Å². The molecule has 1 aliphatic heterocycles. The quantitative estimate of drug-likeness (QED) is 0.177. The lowest BCUT2D eigenvalue weighted by molar-refractivity contribution is -0.123. The van der Waals surface area contributed by atoms with Crippen LogP contribution in [-0.2, 0) is 29.6 Å². The number of aliphatic hydroxyl groups is 1. The molecule has 0 fully saturated rings. The van der Waals surface area contributed by atoms with E-state index in [-0.39, 0.29) is 22.4 Å². The maximum Gasteiger partial charge on any atom is 0.290 e. The van der Waals surface area contributed by atoms with E-state index in [1.807, 2.05) is 0 Å². The fourth-order valence-corrected chi connectivity index (χ4v) is 5.93. The van der Waals surface area contributed by atoms with Gasteiger partial charge in [0, 0.05) is 36.4 Å². The molecular weight excluding hydrogens is 638 g/mol. The van der Waals surface area contributed by atoms with Crippen LogP contribution in [0.15, 0.2) is 60.8 Å². The largest absolute Gasteiger partial charge is 0.370 e. The van der Waals surface area contributed by atoms with Crippen molar-refractivity contribution in [3.05, 3.63) is 106 Å². The normalized spacial score (nSPS) is 18.3. The van der Waals surface area contributed by atoms with Crippen molar-refractivity contribution in [1.82, 2.24) is 20.1 Å². The lowest BCUT2D eigenvalue weighted by atomic mass is 9.89. The van der Waals surface area contributed by atoms with Crippen LogP contribution in [0.3, 0.4) is 0 Å². The van der Waals surface area contributed by atoms with Crippen LogP contribution >= 0.6 is 0 Å². The Kier molecular flexibility index (Phi) is 8.28. The van der Waals surface area contributed by atoms with Gasteiger partial charge in [-0.2, -0.15) is 13.9 Å². The highest BCUT2D eigenvalue weighted by molar-refractivity contribution is 5.80. The molecule has 7 nitrogen and oxygen atoms in total. The number of fused-ring (bicyclic) bond motifs is 2. The maximum atomic E-state index is 14.9. The molecule has 2 aromatic heterocycles. The van der Waals surface area contributed by atoms with E-state index in [1.54, 1.807) is 42.5 Å². The predicted molar refractivity (Wildman–Crippen MR) is 153 cm³/mol. The number of halogens is 8. The van der Waals surface area contributed by atoms with Crippen LogP contribution < -0.4 is 10.6 Å². The van der Waals surface area contributed by atoms with Crippen LogP contribution in [0.25, 0.3) is 17.2 Å². The van der Waals surface area contributed by atoms with Crippen LogP contribution in [0.5, 0.6) is 0 Å². The van der Waals surface area contributed by atoms with Crippen LogP contribution in [0.2, 0.25) is 0 Å². The van der Waals surface area contributed by atoms with Gasteiger partial charge in [0.1, 0.15) is 35.8 Å². The van der Waals surface area contributed by atoms with E-state index < -0.39 is 84.4 Å². The van der Waals surface area contributed by atoms with E-state index in [1.165, 1.54) is 6.20 Å². The molecule has 6 rings (SSSR count). The summed E-state index contributed by atoms with van der Waals surface area (Å²) in [4.78, 5) is 17.8. The molecular formula is C32H25F8N5O2. The highest BCUT2D eigenvalue weighted by atomic mass is 19.3. The molecule has 0 spiro atoms.